The van der Waals surface area contributed by atoms with Crippen molar-refractivity contribution in [3.8, 4) is 5.75 Å². The minimum atomic E-state index is -1.64. The SMILES string of the molecule is CC[C@H](C)[C@H](NC(=O)[C@H](CCC(=O)O)NC(=O)[C@H](CC(C)C)NC(=O)[C@H](CCC(=O)O)NC(=O)[C@@H](N)CC(=O)O)C(=O)N[C@@H](CCCCN)C(=O)N[C@@H](C)C(=O)N[C@@H](Cc1ccc(O)cc1)C(=O)O. The van der Waals surface area contributed by atoms with Crippen LogP contribution in [0.2, 0.25) is 0 Å². The number of aliphatic carboxylic acids is 4. The van der Waals surface area contributed by atoms with Gasteiger partial charge >= 0.3 is 23.9 Å². The van der Waals surface area contributed by atoms with Gasteiger partial charge in [0.05, 0.1) is 12.5 Å². The molecule has 16 N–H and O–H groups in total. The second-order valence-corrected chi connectivity index (χ2v) is 17.1. The van der Waals surface area contributed by atoms with E-state index >= 15 is 0 Å². The van der Waals surface area contributed by atoms with Gasteiger partial charge in [0, 0.05) is 19.3 Å². The molecule has 0 bridgehead atoms. The predicted octanol–water partition coefficient (Wildman–Crippen LogP) is -1.81. The van der Waals surface area contributed by atoms with Gasteiger partial charge in [0.1, 0.15) is 48.0 Å². The van der Waals surface area contributed by atoms with E-state index in [1.807, 2.05) is 0 Å². The normalized spacial score (nSPS) is 15.0. The Morgan fingerprint density at radius 2 is 1.01 bits per heavy atom. The highest BCUT2D eigenvalue weighted by Crippen LogP contribution is 2.14. The molecule has 0 fully saturated rings. The average Bonchev–Trinajstić information content (AvgIpc) is 3.26. The number of aromatic hydroxyl groups is 1. The molecule has 0 heterocycles. The Labute approximate surface area is 399 Å². The minimum absolute atomic E-state index is 0.0130. The van der Waals surface area contributed by atoms with E-state index in [1.165, 1.54) is 31.2 Å². The molecule has 0 saturated heterocycles. The Bertz CT molecular complexity index is 1950. The van der Waals surface area contributed by atoms with Crippen molar-refractivity contribution in [1.82, 2.24) is 37.2 Å². The van der Waals surface area contributed by atoms with Crippen molar-refractivity contribution >= 4 is 65.2 Å². The summed E-state index contributed by atoms with van der Waals surface area (Å²) < 4.78 is 0. The molecule has 0 aliphatic heterocycles. The lowest BCUT2D eigenvalue weighted by Crippen LogP contribution is -2.61. The maximum Gasteiger partial charge on any atom is 0.326 e. The number of hydrogen-bond donors (Lipinski definition) is 14. The molecule has 386 valence electrons. The summed E-state index contributed by atoms with van der Waals surface area (Å²) in [5.41, 5.74) is 11.8. The topological polar surface area (TPSA) is 425 Å². The summed E-state index contributed by atoms with van der Waals surface area (Å²) in [5.74, 6) is -13.2. The second-order valence-electron chi connectivity index (χ2n) is 17.1. The number of hydrogen-bond acceptors (Lipinski definition) is 14. The first kappa shape index (κ1) is 60.1. The number of rotatable bonds is 33. The van der Waals surface area contributed by atoms with Gasteiger partial charge in [-0.1, -0.05) is 46.2 Å². The first-order valence-corrected chi connectivity index (χ1v) is 22.5. The Hall–Kier alpha value is -6.89. The molecule has 9 atom stereocenters. The Morgan fingerprint density at radius 1 is 0.551 bits per heavy atom. The molecule has 0 aliphatic carbocycles. The summed E-state index contributed by atoms with van der Waals surface area (Å²) in [4.78, 5) is 141. The van der Waals surface area contributed by atoms with Gasteiger partial charge in [-0.25, -0.2) is 4.79 Å². The van der Waals surface area contributed by atoms with Crippen LogP contribution in [0.25, 0.3) is 0 Å². The zero-order chi connectivity index (χ0) is 52.5. The lowest BCUT2D eigenvalue weighted by Gasteiger charge is -2.29. The summed E-state index contributed by atoms with van der Waals surface area (Å²) in [5, 5.41) is 64.2. The highest BCUT2D eigenvalue weighted by molar-refractivity contribution is 5.98. The van der Waals surface area contributed by atoms with Crippen molar-refractivity contribution < 1.29 is 78.3 Å². The molecule has 25 heteroatoms. The van der Waals surface area contributed by atoms with Gasteiger partial charge in [-0.15, -0.1) is 0 Å². The number of unbranched alkanes of at least 4 members (excludes halogenated alkanes) is 1. The first-order chi connectivity index (χ1) is 32.3. The van der Waals surface area contributed by atoms with E-state index in [0.717, 1.165) is 0 Å². The highest BCUT2D eigenvalue weighted by Gasteiger charge is 2.36. The molecule has 69 heavy (non-hydrogen) atoms. The van der Waals surface area contributed by atoms with Crippen molar-refractivity contribution in [2.45, 2.75) is 154 Å². The van der Waals surface area contributed by atoms with E-state index in [1.54, 1.807) is 27.7 Å². The molecule has 7 amide bonds. The molecule has 0 saturated carbocycles. The van der Waals surface area contributed by atoms with Gasteiger partial charge in [0.2, 0.25) is 41.4 Å². The van der Waals surface area contributed by atoms with Gasteiger partial charge in [-0.05, 0) is 81.5 Å². The third-order valence-corrected chi connectivity index (χ3v) is 10.7. The van der Waals surface area contributed by atoms with Crippen LogP contribution < -0.4 is 48.7 Å². The predicted molar refractivity (Wildman–Crippen MR) is 244 cm³/mol. The minimum Gasteiger partial charge on any atom is -0.508 e. The van der Waals surface area contributed by atoms with Gasteiger partial charge in [0.15, 0.2) is 0 Å². The van der Waals surface area contributed by atoms with Crippen molar-refractivity contribution in [3.63, 3.8) is 0 Å². The van der Waals surface area contributed by atoms with Crippen LogP contribution >= 0.6 is 0 Å². The third kappa shape index (κ3) is 23.1. The number of carboxylic acid groups (broad SMARTS) is 4. The maximum atomic E-state index is 14.0. The van der Waals surface area contributed by atoms with Gasteiger partial charge < -0.3 is 74.2 Å². The average molecular weight is 980 g/mol. The first-order valence-electron chi connectivity index (χ1n) is 22.5. The molecule has 1 aromatic rings. The van der Waals surface area contributed by atoms with Crippen LogP contribution in [0.4, 0.5) is 0 Å². The van der Waals surface area contributed by atoms with Crippen LogP contribution in [-0.2, 0) is 59.2 Å². The van der Waals surface area contributed by atoms with Gasteiger partial charge in [-0.2, -0.15) is 0 Å². The summed E-state index contributed by atoms with van der Waals surface area (Å²) in [6, 6.07) is -6.08. The third-order valence-electron chi connectivity index (χ3n) is 10.7. The number of phenols is 1. The lowest BCUT2D eigenvalue weighted by atomic mass is 9.96. The zero-order valence-electron chi connectivity index (χ0n) is 39.4. The number of nitrogens with two attached hydrogens (primary N) is 2. The zero-order valence-corrected chi connectivity index (χ0v) is 39.4. The smallest absolute Gasteiger partial charge is 0.326 e. The molecular weight excluding hydrogens is 911 g/mol. The Morgan fingerprint density at radius 3 is 1.51 bits per heavy atom. The van der Waals surface area contributed by atoms with Crippen LogP contribution in [0.3, 0.4) is 0 Å². The van der Waals surface area contributed by atoms with Crippen LogP contribution in [0.5, 0.6) is 5.75 Å². The van der Waals surface area contributed by atoms with E-state index in [4.69, 9.17) is 16.6 Å². The van der Waals surface area contributed by atoms with Crippen LogP contribution in [-0.4, -0.2) is 146 Å². The molecule has 0 aliphatic rings. The van der Waals surface area contributed by atoms with E-state index in [2.05, 4.69) is 37.2 Å². The number of benzene rings is 1. The Balaban J connectivity index is 3.38. The van der Waals surface area contributed by atoms with Crippen LogP contribution in [0, 0.1) is 11.8 Å². The van der Waals surface area contributed by atoms with E-state index in [9.17, 15) is 73.2 Å². The summed E-state index contributed by atoms with van der Waals surface area (Å²) in [6.45, 7) is 8.20. The Kier molecular flexibility index (Phi) is 26.6. The van der Waals surface area contributed by atoms with Crippen LogP contribution in [0.1, 0.15) is 104 Å². The van der Waals surface area contributed by atoms with Crippen molar-refractivity contribution in [2.24, 2.45) is 23.3 Å². The molecule has 0 spiro atoms. The molecule has 1 aromatic carbocycles. The number of carbonyl (C=O) groups excluding carboxylic acids is 7. The molecule has 0 radical (unpaired) electrons. The fourth-order valence-corrected chi connectivity index (χ4v) is 6.60. The van der Waals surface area contributed by atoms with E-state index in [0.29, 0.717) is 18.4 Å². The molecule has 25 nitrogen and oxygen atoms in total. The van der Waals surface area contributed by atoms with Gasteiger partial charge in [-0.3, -0.25) is 47.9 Å². The molecule has 1 rings (SSSR count). The monoisotopic (exact) mass is 979 g/mol. The van der Waals surface area contributed by atoms with E-state index < -0.39 is 152 Å². The summed E-state index contributed by atoms with van der Waals surface area (Å²) in [7, 11) is 0. The number of carbonyl (C=O) groups is 11. The van der Waals surface area contributed by atoms with E-state index in [-0.39, 0.29) is 43.9 Å². The molecular formula is C44H69N9O16. The highest BCUT2D eigenvalue weighted by atomic mass is 16.4. The summed E-state index contributed by atoms with van der Waals surface area (Å²) in [6.07, 6.45) is -2.29. The molecule has 0 unspecified atom stereocenters. The lowest BCUT2D eigenvalue weighted by molar-refractivity contribution is -0.142. The number of phenolic OH excluding ortho intramolecular Hbond substituents is 1. The standard InChI is InChI=1S/C44H69N9O16/c1-6-23(4)36(43(67)50-28(9-7-8-18-45)39(63)47-24(5)37(61)52-32(44(68)69)20-25-10-12-26(54)13-11-25)53-41(65)30(15-17-34(57)58)49-42(66)31(19-22(2)3)51-40(64)29(14-16-33(55)56)48-38(62)27(46)21-35(59)60/h10-13,22-24,27-32,36,54H,6-9,14-21,45-46H2,1-5H3,(H,47,63)(H,48,62)(H,49,66)(H,50,67)(H,51,64)(H,52,61)(H,53,65)(H,55,56)(H,57,58)(H,59,60)(H,68,69)/t23-,24-,27-,28-,29-,30-,31-,32-,36-/m0/s1. The summed E-state index contributed by atoms with van der Waals surface area (Å²) >= 11 is 0. The fraction of sp³-hybridized carbons (Fsp3) is 0.614. The fourth-order valence-electron chi connectivity index (χ4n) is 6.60. The largest absolute Gasteiger partial charge is 0.508 e. The maximum absolute atomic E-state index is 14.0. The molecule has 0 aromatic heterocycles. The number of amides is 7. The van der Waals surface area contributed by atoms with Crippen molar-refractivity contribution in [3.05, 3.63) is 29.8 Å². The second kappa shape index (κ2) is 30.5. The van der Waals surface area contributed by atoms with Crippen molar-refractivity contribution in [2.75, 3.05) is 6.54 Å². The number of carboxylic acids is 4. The van der Waals surface area contributed by atoms with Crippen LogP contribution in [0.15, 0.2) is 24.3 Å². The number of nitrogens with one attached hydrogen (secondary N) is 7. The van der Waals surface area contributed by atoms with Gasteiger partial charge in [0.25, 0.3) is 0 Å². The van der Waals surface area contributed by atoms with Crippen molar-refractivity contribution in [1.29, 1.82) is 0 Å². The quantitative estimate of drug-likeness (QED) is 0.0345.